The van der Waals surface area contributed by atoms with Gasteiger partial charge in [-0.25, -0.2) is 9.97 Å². The predicted octanol–water partition coefficient (Wildman–Crippen LogP) is 3.35. The summed E-state index contributed by atoms with van der Waals surface area (Å²) in [7, 11) is 1.71. The van der Waals surface area contributed by atoms with E-state index in [-0.39, 0.29) is 11.5 Å². The van der Waals surface area contributed by atoms with E-state index in [4.69, 9.17) is 14.7 Å². The van der Waals surface area contributed by atoms with E-state index in [1.165, 1.54) is 0 Å². The zero-order valence-electron chi connectivity index (χ0n) is 14.5. The minimum atomic E-state index is -0.0860. The molecule has 0 bridgehead atoms. The van der Waals surface area contributed by atoms with Crippen molar-refractivity contribution in [3.05, 3.63) is 11.4 Å². The Morgan fingerprint density at radius 2 is 1.81 bits per heavy atom. The highest BCUT2D eigenvalue weighted by Gasteiger charge is 2.21. The van der Waals surface area contributed by atoms with Crippen LogP contribution in [-0.2, 0) is 10.2 Å². The normalized spacial score (nSPS) is 13.1. The first-order valence-electron chi connectivity index (χ1n) is 7.68. The molecular formula is C16H30N4O. The number of ether oxygens (including phenoxy) is 1. The molecule has 0 saturated carbocycles. The summed E-state index contributed by atoms with van der Waals surface area (Å²) < 4.78 is 5.19. The van der Waals surface area contributed by atoms with Gasteiger partial charge in [-0.1, -0.05) is 27.7 Å². The van der Waals surface area contributed by atoms with E-state index in [1.807, 2.05) is 6.92 Å². The first kappa shape index (κ1) is 17.7. The van der Waals surface area contributed by atoms with Gasteiger partial charge in [-0.2, -0.15) is 0 Å². The Morgan fingerprint density at radius 3 is 2.33 bits per heavy atom. The minimum Gasteiger partial charge on any atom is -0.383 e. The van der Waals surface area contributed by atoms with Gasteiger partial charge in [-0.05, 0) is 20.3 Å². The van der Waals surface area contributed by atoms with Crippen LogP contribution in [0.2, 0.25) is 0 Å². The summed E-state index contributed by atoms with van der Waals surface area (Å²) in [5.41, 5.74) is 0.969. The number of methoxy groups -OCH3 is 1. The highest BCUT2D eigenvalue weighted by molar-refractivity contribution is 5.58. The molecule has 0 saturated heterocycles. The average Bonchev–Trinajstić information content (AvgIpc) is 2.38. The lowest BCUT2D eigenvalue weighted by Crippen LogP contribution is -2.25. The van der Waals surface area contributed by atoms with Crippen LogP contribution < -0.4 is 10.6 Å². The van der Waals surface area contributed by atoms with Crippen molar-refractivity contribution in [1.82, 2.24) is 9.97 Å². The summed E-state index contributed by atoms with van der Waals surface area (Å²) in [5, 5.41) is 6.82. The van der Waals surface area contributed by atoms with Gasteiger partial charge in [0.1, 0.15) is 17.5 Å². The van der Waals surface area contributed by atoms with Crippen LogP contribution >= 0.6 is 0 Å². The van der Waals surface area contributed by atoms with Crippen LogP contribution in [0.25, 0.3) is 0 Å². The monoisotopic (exact) mass is 294 g/mol. The zero-order chi connectivity index (χ0) is 16.0. The van der Waals surface area contributed by atoms with Crippen LogP contribution in [0.3, 0.4) is 0 Å². The largest absolute Gasteiger partial charge is 0.383 e. The van der Waals surface area contributed by atoms with Gasteiger partial charge in [-0.3, -0.25) is 0 Å². The highest BCUT2D eigenvalue weighted by atomic mass is 16.5. The number of anilines is 2. The van der Waals surface area contributed by atoms with E-state index in [1.54, 1.807) is 7.11 Å². The Hall–Kier alpha value is -1.36. The first-order valence-corrected chi connectivity index (χ1v) is 7.68. The van der Waals surface area contributed by atoms with Crippen molar-refractivity contribution in [2.45, 2.75) is 59.4 Å². The maximum atomic E-state index is 5.19. The van der Waals surface area contributed by atoms with Crippen molar-refractivity contribution in [2.75, 3.05) is 30.9 Å². The molecule has 1 heterocycles. The van der Waals surface area contributed by atoms with Gasteiger partial charge in [0.25, 0.3) is 0 Å². The number of rotatable bonds is 7. The van der Waals surface area contributed by atoms with Crippen LogP contribution in [0.4, 0.5) is 11.6 Å². The first-order chi connectivity index (χ1) is 9.79. The molecule has 0 radical (unpaired) electrons. The summed E-state index contributed by atoms with van der Waals surface area (Å²) in [4.78, 5) is 9.42. The van der Waals surface area contributed by atoms with Gasteiger partial charge in [0.2, 0.25) is 0 Å². The van der Waals surface area contributed by atoms with Crippen LogP contribution in [0, 0.1) is 6.92 Å². The summed E-state index contributed by atoms with van der Waals surface area (Å²) in [6.07, 6.45) is 1.07. The van der Waals surface area contributed by atoms with E-state index in [9.17, 15) is 0 Å². The Morgan fingerprint density at radius 1 is 1.19 bits per heavy atom. The lowest BCUT2D eigenvalue weighted by atomic mass is 9.95. The molecule has 21 heavy (non-hydrogen) atoms. The summed E-state index contributed by atoms with van der Waals surface area (Å²) in [6, 6.07) is 0.204. The Labute approximate surface area is 128 Å². The predicted molar refractivity (Wildman–Crippen MR) is 89.2 cm³/mol. The fraction of sp³-hybridized carbons (Fsp3) is 0.750. The number of hydrogen-bond acceptors (Lipinski definition) is 5. The molecule has 120 valence electrons. The maximum absolute atomic E-state index is 5.19. The number of nitrogens with zero attached hydrogens (tertiary/aromatic N) is 2. The molecular weight excluding hydrogens is 264 g/mol. The molecule has 0 amide bonds. The molecule has 1 aromatic heterocycles. The van der Waals surface area contributed by atoms with Crippen LogP contribution in [0.5, 0.6) is 0 Å². The molecule has 0 aliphatic rings. The van der Waals surface area contributed by atoms with Gasteiger partial charge in [-0.15, -0.1) is 0 Å². The molecule has 1 atom stereocenters. The molecule has 5 nitrogen and oxygen atoms in total. The maximum Gasteiger partial charge on any atom is 0.138 e. The number of hydrogen-bond donors (Lipinski definition) is 2. The van der Waals surface area contributed by atoms with Crippen molar-refractivity contribution >= 4 is 11.6 Å². The SMILES string of the molecule is CCCNc1nc(C(C)(C)C)nc(NC(C)COC)c1C. The second kappa shape index (κ2) is 7.59. The molecule has 1 aromatic rings. The number of nitrogens with one attached hydrogen (secondary N) is 2. The van der Waals surface area contributed by atoms with Gasteiger partial charge in [0.05, 0.1) is 6.61 Å². The molecule has 0 spiro atoms. The van der Waals surface area contributed by atoms with Crippen molar-refractivity contribution in [3.8, 4) is 0 Å². The smallest absolute Gasteiger partial charge is 0.138 e. The van der Waals surface area contributed by atoms with Crippen molar-refractivity contribution < 1.29 is 4.74 Å². The standard InChI is InChI=1S/C16H30N4O/c1-8-9-17-13-12(3)14(18-11(2)10-21-7)20-15(19-13)16(4,5)6/h11H,8-10H2,1-7H3,(H2,17,18,19,20). The third-order valence-corrected chi connectivity index (χ3v) is 3.16. The fourth-order valence-electron chi connectivity index (χ4n) is 1.93. The fourth-order valence-corrected chi connectivity index (χ4v) is 1.93. The molecule has 1 rings (SSSR count). The van der Waals surface area contributed by atoms with Crippen molar-refractivity contribution in [1.29, 1.82) is 0 Å². The Kier molecular flexibility index (Phi) is 6.40. The van der Waals surface area contributed by atoms with E-state index in [2.05, 4.69) is 45.3 Å². The van der Waals surface area contributed by atoms with Crippen LogP contribution in [0.15, 0.2) is 0 Å². The number of aromatic nitrogens is 2. The Bertz CT molecular complexity index is 454. The van der Waals surface area contributed by atoms with Gasteiger partial charge in [0.15, 0.2) is 0 Å². The van der Waals surface area contributed by atoms with Crippen LogP contribution in [0.1, 0.15) is 52.4 Å². The summed E-state index contributed by atoms with van der Waals surface area (Å²) in [6.45, 7) is 14.2. The second-order valence-corrected chi connectivity index (χ2v) is 6.55. The Balaban J connectivity index is 3.14. The summed E-state index contributed by atoms with van der Waals surface area (Å²) in [5.74, 6) is 2.65. The third kappa shape index (κ3) is 5.16. The molecule has 2 N–H and O–H groups in total. The molecule has 0 fully saturated rings. The van der Waals surface area contributed by atoms with E-state index < -0.39 is 0 Å². The van der Waals surface area contributed by atoms with Crippen molar-refractivity contribution in [3.63, 3.8) is 0 Å². The lowest BCUT2D eigenvalue weighted by Gasteiger charge is -2.23. The van der Waals surface area contributed by atoms with Crippen molar-refractivity contribution in [2.24, 2.45) is 0 Å². The van der Waals surface area contributed by atoms with Gasteiger partial charge < -0.3 is 15.4 Å². The lowest BCUT2D eigenvalue weighted by molar-refractivity contribution is 0.190. The molecule has 0 aliphatic heterocycles. The molecule has 1 unspecified atom stereocenters. The highest BCUT2D eigenvalue weighted by Crippen LogP contribution is 2.26. The van der Waals surface area contributed by atoms with E-state index >= 15 is 0 Å². The average molecular weight is 294 g/mol. The third-order valence-electron chi connectivity index (χ3n) is 3.16. The molecule has 5 heteroatoms. The van der Waals surface area contributed by atoms with Gasteiger partial charge >= 0.3 is 0 Å². The quantitative estimate of drug-likeness (QED) is 0.807. The molecule has 0 aliphatic carbocycles. The second-order valence-electron chi connectivity index (χ2n) is 6.55. The van der Waals surface area contributed by atoms with Crippen LogP contribution in [-0.4, -0.2) is 36.3 Å². The topological polar surface area (TPSA) is 59.1 Å². The molecule has 0 aromatic carbocycles. The van der Waals surface area contributed by atoms with Gasteiger partial charge in [0, 0.05) is 30.7 Å². The van der Waals surface area contributed by atoms with E-state index in [0.29, 0.717) is 6.61 Å². The zero-order valence-corrected chi connectivity index (χ0v) is 14.5. The summed E-state index contributed by atoms with van der Waals surface area (Å²) >= 11 is 0. The minimum absolute atomic E-state index is 0.0860. The van der Waals surface area contributed by atoms with E-state index in [0.717, 1.165) is 36.0 Å².